The van der Waals surface area contributed by atoms with Gasteiger partial charge >= 0.3 is 0 Å². The monoisotopic (exact) mass is 244 g/mol. The van der Waals surface area contributed by atoms with Crippen LogP contribution in [-0.2, 0) is 0 Å². The molecule has 0 saturated heterocycles. The van der Waals surface area contributed by atoms with Crippen molar-refractivity contribution in [1.82, 2.24) is 5.16 Å². The summed E-state index contributed by atoms with van der Waals surface area (Å²) in [6.45, 7) is 5.81. The van der Waals surface area contributed by atoms with Crippen molar-refractivity contribution in [1.29, 1.82) is 0 Å². The van der Waals surface area contributed by atoms with E-state index in [-0.39, 0.29) is 11.8 Å². The molecule has 94 valence electrons. The lowest BCUT2D eigenvalue weighted by molar-refractivity contribution is 0.102. The third-order valence-electron chi connectivity index (χ3n) is 2.69. The van der Waals surface area contributed by atoms with Crippen LogP contribution < -0.4 is 5.32 Å². The molecule has 0 spiro atoms. The molecule has 0 fully saturated rings. The number of nitrogens with one attached hydrogen (secondary N) is 1. The van der Waals surface area contributed by atoms with Gasteiger partial charge in [0.2, 0.25) is 0 Å². The Bertz CT molecular complexity index is 544. The Hall–Kier alpha value is -2.10. The molecule has 4 nitrogen and oxygen atoms in total. The van der Waals surface area contributed by atoms with E-state index in [1.54, 1.807) is 12.1 Å². The van der Waals surface area contributed by atoms with Crippen molar-refractivity contribution in [3.05, 3.63) is 47.3 Å². The molecule has 4 heteroatoms. The standard InChI is InChI=1S/C14H16N2O2/c1-9(2)13-12(10(3)16-18-13)15-14(17)11-7-5-4-6-8-11/h4-9H,1-3H3,(H,15,17). The second kappa shape index (κ2) is 5.04. The van der Waals surface area contributed by atoms with Crippen LogP contribution >= 0.6 is 0 Å². The SMILES string of the molecule is Cc1noc(C(C)C)c1NC(=O)c1ccccc1. The van der Waals surface area contributed by atoms with Gasteiger partial charge in [-0.1, -0.05) is 37.2 Å². The average Bonchev–Trinajstić information content (AvgIpc) is 2.72. The summed E-state index contributed by atoms with van der Waals surface area (Å²) in [4.78, 5) is 12.1. The van der Waals surface area contributed by atoms with Gasteiger partial charge in [-0.15, -0.1) is 0 Å². The molecule has 0 radical (unpaired) electrons. The van der Waals surface area contributed by atoms with Gasteiger partial charge in [-0.3, -0.25) is 4.79 Å². The number of hydrogen-bond acceptors (Lipinski definition) is 3. The van der Waals surface area contributed by atoms with E-state index in [9.17, 15) is 4.79 Å². The third kappa shape index (κ3) is 2.42. The molecule has 2 rings (SSSR count). The molecule has 1 aromatic carbocycles. The molecule has 0 bridgehead atoms. The highest BCUT2D eigenvalue weighted by Gasteiger charge is 2.18. The predicted octanol–water partition coefficient (Wildman–Crippen LogP) is 3.36. The molecule has 0 aliphatic rings. The van der Waals surface area contributed by atoms with Gasteiger partial charge in [0, 0.05) is 11.5 Å². The Balaban J connectivity index is 2.25. The van der Waals surface area contributed by atoms with Gasteiger partial charge in [0.25, 0.3) is 5.91 Å². The van der Waals surface area contributed by atoms with Crippen LogP contribution in [0.25, 0.3) is 0 Å². The molecular weight excluding hydrogens is 228 g/mol. The predicted molar refractivity (Wildman–Crippen MR) is 69.7 cm³/mol. The van der Waals surface area contributed by atoms with Crippen molar-refractivity contribution < 1.29 is 9.32 Å². The zero-order chi connectivity index (χ0) is 13.1. The number of carbonyl (C=O) groups excluding carboxylic acids is 1. The number of carbonyl (C=O) groups is 1. The number of amides is 1. The minimum atomic E-state index is -0.149. The summed E-state index contributed by atoms with van der Waals surface area (Å²) in [6, 6.07) is 9.08. The molecule has 1 amide bonds. The van der Waals surface area contributed by atoms with Gasteiger partial charge in [0.05, 0.1) is 0 Å². The topological polar surface area (TPSA) is 55.1 Å². The van der Waals surface area contributed by atoms with E-state index in [0.717, 1.165) is 0 Å². The van der Waals surface area contributed by atoms with Gasteiger partial charge < -0.3 is 9.84 Å². The largest absolute Gasteiger partial charge is 0.359 e. The summed E-state index contributed by atoms with van der Waals surface area (Å²) in [7, 11) is 0. The first-order valence-electron chi connectivity index (χ1n) is 5.92. The van der Waals surface area contributed by atoms with E-state index < -0.39 is 0 Å². The summed E-state index contributed by atoms with van der Waals surface area (Å²) >= 11 is 0. The Morgan fingerprint density at radius 1 is 1.28 bits per heavy atom. The molecule has 0 atom stereocenters. The first kappa shape index (κ1) is 12.4. The normalized spacial score (nSPS) is 10.7. The van der Waals surface area contributed by atoms with E-state index in [1.165, 1.54) is 0 Å². The van der Waals surface area contributed by atoms with Gasteiger partial charge in [0.15, 0.2) is 5.76 Å². The van der Waals surface area contributed by atoms with Crippen LogP contribution in [0, 0.1) is 6.92 Å². The van der Waals surface area contributed by atoms with Crippen LogP contribution in [0.4, 0.5) is 5.69 Å². The number of benzene rings is 1. The number of aromatic nitrogens is 1. The molecule has 0 aliphatic carbocycles. The van der Waals surface area contributed by atoms with E-state index in [0.29, 0.717) is 22.7 Å². The lowest BCUT2D eigenvalue weighted by atomic mass is 10.1. The second-order valence-corrected chi connectivity index (χ2v) is 4.48. The molecule has 18 heavy (non-hydrogen) atoms. The van der Waals surface area contributed by atoms with Gasteiger partial charge in [-0.05, 0) is 19.1 Å². The van der Waals surface area contributed by atoms with Crippen LogP contribution in [-0.4, -0.2) is 11.1 Å². The summed E-state index contributed by atoms with van der Waals surface area (Å²) < 4.78 is 5.23. The maximum absolute atomic E-state index is 12.1. The van der Waals surface area contributed by atoms with Gasteiger partial charge in [0.1, 0.15) is 11.4 Å². The van der Waals surface area contributed by atoms with Crippen molar-refractivity contribution >= 4 is 11.6 Å². The quantitative estimate of drug-likeness (QED) is 0.900. The summed E-state index contributed by atoms with van der Waals surface area (Å²) in [5, 5.41) is 6.76. The highest BCUT2D eigenvalue weighted by molar-refractivity contribution is 6.04. The average molecular weight is 244 g/mol. The number of anilines is 1. The second-order valence-electron chi connectivity index (χ2n) is 4.48. The maximum Gasteiger partial charge on any atom is 0.255 e. The fourth-order valence-electron chi connectivity index (χ4n) is 1.71. The zero-order valence-corrected chi connectivity index (χ0v) is 10.7. The summed E-state index contributed by atoms with van der Waals surface area (Å²) in [5.41, 5.74) is 2.00. The molecule has 0 aliphatic heterocycles. The summed E-state index contributed by atoms with van der Waals surface area (Å²) in [6.07, 6.45) is 0. The molecule has 0 saturated carbocycles. The molecule has 0 unspecified atom stereocenters. The van der Waals surface area contributed by atoms with Crippen molar-refractivity contribution in [2.75, 3.05) is 5.32 Å². The van der Waals surface area contributed by atoms with E-state index in [2.05, 4.69) is 10.5 Å². The molecule has 1 aromatic heterocycles. The molecule has 1 heterocycles. The fourth-order valence-corrected chi connectivity index (χ4v) is 1.71. The Labute approximate surface area is 106 Å². The van der Waals surface area contributed by atoms with Gasteiger partial charge in [-0.2, -0.15) is 0 Å². The molecule has 1 N–H and O–H groups in total. The lowest BCUT2D eigenvalue weighted by Crippen LogP contribution is -2.13. The van der Waals surface area contributed by atoms with E-state index in [1.807, 2.05) is 39.0 Å². The Morgan fingerprint density at radius 2 is 1.94 bits per heavy atom. The fraction of sp³-hybridized carbons (Fsp3) is 0.286. The minimum Gasteiger partial charge on any atom is -0.359 e. The van der Waals surface area contributed by atoms with Crippen LogP contribution in [0.5, 0.6) is 0 Å². The first-order chi connectivity index (χ1) is 8.59. The lowest BCUT2D eigenvalue weighted by Gasteiger charge is -2.07. The maximum atomic E-state index is 12.1. The Kier molecular flexibility index (Phi) is 3.46. The first-order valence-corrected chi connectivity index (χ1v) is 5.92. The minimum absolute atomic E-state index is 0.149. The van der Waals surface area contributed by atoms with Gasteiger partial charge in [-0.25, -0.2) is 0 Å². The van der Waals surface area contributed by atoms with Crippen molar-refractivity contribution in [2.24, 2.45) is 0 Å². The Morgan fingerprint density at radius 3 is 2.56 bits per heavy atom. The zero-order valence-electron chi connectivity index (χ0n) is 10.7. The van der Waals surface area contributed by atoms with Crippen molar-refractivity contribution in [2.45, 2.75) is 26.7 Å². The van der Waals surface area contributed by atoms with Crippen LogP contribution in [0.1, 0.15) is 41.6 Å². The number of hydrogen-bond donors (Lipinski definition) is 1. The molecule has 2 aromatic rings. The molecular formula is C14H16N2O2. The van der Waals surface area contributed by atoms with Crippen LogP contribution in [0.15, 0.2) is 34.9 Å². The van der Waals surface area contributed by atoms with E-state index in [4.69, 9.17) is 4.52 Å². The third-order valence-corrected chi connectivity index (χ3v) is 2.69. The van der Waals surface area contributed by atoms with Crippen molar-refractivity contribution in [3.63, 3.8) is 0 Å². The summed E-state index contributed by atoms with van der Waals surface area (Å²) in [5.74, 6) is 0.734. The van der Waals surface area contributed by atoms with Crippen LogP contribution in [0.3, 0.4) is 0 Å². The van der Waals surface area contributed by atoms with E-state index >= 15 is 0 Å². The highest BCUT2D eigenvalue weighted by Crippen LogP contribution is 2.27. The van der Waals surface area contributed by atoms with Crippen molar-refractivity contribution in [3.8, 4) is 0 Å². The number of nitrogens with zero attached hydrogens (tertiary/aromatic N) is 1. The smallest absolute Gasteiger partial charge is 0.255 e. The highest BCUT2D eigenvalue weighted by atomic mass is 16.5. The number of aryl methyl sites for hydroxylation is 1. The van der Waals surface area contributed by atoms with Crippen LogP contribution in [0.2, 0.25) is 0 Å². The number of rotatable bonds is 3.